The van der Waals surface area contributed by atoms with Crippen LogP contribution in [-0.2, 0) is 6.54 Å². The molecular weight excluding hydrogens is 352 g/mol. The molecule has 1 amide bonds. The molecular formula is C20H24ClN2O3+. The molecule has 0 spiro atoms. The summed E-state index contributed by atoms with van der Waals surface area (Å²) in [5, 5.41) is 0.378. The summed E-state index contributed by atoms with van der Waals surface area (Å²) in [4.78, 5) is 16.2. The van der Waals surface area contributed by atoms with Gasteiger partial charge >= 0.3 is 0 Å². The molecule has 138 valence electrons. The van der Waals surface area contributed by atoms with Gasteiger partial charge in [0, 0.05) is 11.1 Å². The predicted molar refractivity (Wildman–Crippen MR) is 101 cm³/mol. The largest absolute Gasteiger partial charge is 0.493 e. The van der Waals surface area contributed by atoms with Crippen LogP contribution in [0.5, 0.6) is 11.5 Å². The Labute approximate surface area is 159 Å². The van der Waals surface area contributed by atoms with Crippen molar-refractivity contribution in [2.45, 2.75) is 6.54 Å². The number of ether oxygens (including phenoxy) is 2. The predicted octanol–water partition coefficient (Wildman–Crippen LogP) is 1.90. The smallest absolute Gasteiger partial charge is 0.254 e. The van der Waals surface area contributed by atoms with Crippen LogP contribution >= 0.6 is 11.6 Å². The van der Waals surface area contributed by atoms with Gasteiger partial charge in [0.15, 0.2) is 11.5 Å². The Morgan fingerprint density at radius 2 is 1.81 bits per heavy atom. The van der Waals surface area contributed by atoms with Crippen molar-refractivity contribution in [3.8, 4) is 11.5 Å². The van der Waals surface area contributed by atoms with E-state index in [2.05, 4.69) is 24.3 Å². The first kappa shape index (κ1) is 18.5. The SMILES string of the molecule is COc1cc(C(=O)N2CC[NH+](Cc3ccccc3)CC2)cc(Cl)c1OC. The van der Waals surface area contributed by atoms with Crippen molar-refractivity contribution in [3.05, 3.63) is 58.6 Å². The third-order valence-corrected chi connectivity index (χ3v) is 5.02. The normalized spacial score (nSPS) is 15.0. The summed E-state index contributed by atoms with van der Waals surface area (Å²) in [6.07, 6.45) is 0. The quantitative estimate of drug-likeness (QED) is 0.868. The van der Waals surface area contributed by atoms with Gasteiger partial charge in [0.1, 0.15) is 6.54 Å². The Bertz CT molecular complexity index is 759. The van der Waals surface area contributed by atoms with Crippen molar-refractivity contribution in [2.24, 2.45) is 0 Å². The van der Waals surface area contributed by atoms with E-state index >= 15 is 0 Å². The minimum absolute atomic E-state index is 0.0217. The van der Waals surface area contributed by atoms with Crippen LogP contribution in [0, 0.1) is 0 Å². The number of piperazine rings is 1. The van der Waals surface area contributed by atoms with E-state index in [-0.39, 0.29) is 5.91 Å². The fourth-order valence-electron chi connectivity index (χ4n) is 3.31. The molecule has 26 heavy (non-hydrogen) atoms. The van der Waals surface area contributed by atoms with Crippen molar-refractivity contribution >= 4 is 17.5 Å². The number of methoxy groups -OCH3 is 2. The fourth-order valence-corrected chi connectivity index (χ4v) is 3.60. The number of rotatable bonds is 5. The summed E-state index contributed by atoms with van der Waals surface area (Å²) < 4.78 is 10.5. The molecule has 0 atom stereocenters. The van der Waals surface area contributed by atoms with Crippen LogP contribution in [0.2, 0.25) is 5.02 Å². The maximum Gasteiger partial charge on any atom is 0.254 e. The lowest BCUT2D eigenvalue weighted by Crippen LogP contribution is -3.13. The van der Waals surface area contributed by atoms with Crippen molar-refractivity contribution in [3.63, 3.8) is 0 Å². The van der Waals surface area contributed by atoms with Gasteiger partial charge < -0.3 is 19.3 Å². The number of benzene rings is 2. The molecule has 0 bridgehead atoms. The molecule has 1 heterocycles. The Kier molecular flexibility index (Phi) is 6.01. The van der Waals surface area contributed by atoms with Gasteiger partial charge in [0.05, 0.1) is 45.4 Å². The van der Waals surface area contributed by atoms with Crippen LogP contribution in [0.4, 0.5) is 0 Å². The van der Waals surface area contributed by atoms with E-state index in [9.17, 15) is 4.79 Å². The van der Waals surface area contributed by atoms with Gasteiger partial charge in [0.25, 0.3) is 5.91 Å². The molecule has 1 fully saturated rings. The first-order chi connectivity index (χ1) is 12.6. The number of halogens is 1. The van der Waals surface area contributed by atoms with E-state index < -0.39 is 0 Å². The van der Waals surface area contributed by atoms with E-state index in [1.807, 2.05) is 11.0 Å². The Balaban J connectivity index is 1.64. The number of hydrogen-bond donors (Lipinski definition) is 1. The van der Waals surface area contributed by atoms with Gasteiger partial charge in [-0.25, -0.2) is 0 Å². The molecule has 0 aliphatic carbocycles. The maximum atomic E-state index is 12.8. The van der Waals surface area contributed by atoms with Crippen molar-refractivity contribution in [1.29, 1.82) is 0 Å². The van der Waals surface area contributed by atoms with Gasteiger partial charge in [-0.3, -0.25) is 4.79 Å². The van der Waals surface area contributed by atoms with Gasteiger partial charge in [-0.2, -0.15) is 0 Å². The molecule has 0 saturated carbocycles. The summed E-state index contributed by atoms with van der Waals surface area (Å²) >= 11 is 6.23. The van der Waals surface area contributed by atoms with Crippen molar-refractivity contribution < 1.29 is 19.2 Å². The number of nitrogens with one attached hydrogen (secondary N) is 1. The maximum absolute atomic E-state index is 12.8. The van der Waals surface area contributed by atoms with Crippen LogP contribution in [0.1, 0.15) is 15.9 Å². The first-order valence-corrected chi connectivity index (χ1v) is 9.08. The van der Waals surface area contributed by atoms with E-state index in [1.54, 1.807) is 12.1 Å². The highest BCUT2D eigenvalue weighted by atomic mass is 35.5. The van der Waals surface area contributed by atoms with E-state index in [1.165, 1.54) is 24.7 Å². The van der Waals surface area contributed by atoms with Gasteiger partial charge in [-0.15, -0.1) is 0 Å². The highest BCUT2D eigenvalue weighted by Gasteiger charge is 2.26. The zero-order chi connectivity index (χ0) is 18.5. The Morgan fingerprint density at radius 1 is 1.12 bits per heavy atom. The second kappa shape index (κ2) is 8.43. The van der Waals surface area contributed by atoms with E-state index in [0.717, 1.165) is 32.7 Å². The molecule has 0 radical (unpaired) electrons. The summed E-state index contributed by atoms with van der Waals surface area (Å²) in [5.74, 6) is 0.895. The third-order valence-electron chi connectivity index (χ3n) is 4.74. The Hall–Kier alpha value is -2.24. The van der Waals surface area contributed by atoms with Crippen molar-refractivity contribution in [1.82, 2.24) is 4.90 Å². The molecule has 6 heteroatoms. The lowest BCUT2D eigenvalue weighted by atomic mass is 10.1. The van der Waals surface area contributed by atoms with Gasteiger partial charge in [-0.05, 0) is 12.1 Å². The lowest BCUT2D eigenvalue weighted by molar-refractivity contribution is -0.917. The molecule has 1 aliphatic heterocycles. The summed E-state index contributed by atoms with van der Waals surface area (Å²) in [6.45, 7) is 4.31. The zero-order valence-corrected chi connectivity index (χ0v) is 15.9. The summed E-state index contributed by atoms with van der Waals surface area (Å²) in [7, 11) is 3.06. The number of hydrogen-bond acceptors (Lipinski definition) is 3. The Morgan fingerprint density at radius 3 is 2.42 bits per heavy atom. The molecule has 3 rings (SSSR count). The van der Waals surface area contributed by atoms with Crippen LogP contribution in [-0.4, -0.2) is 51.2 Å². The van der Waals surface area contributed by atoms with Crippen LogP contribution in [0.25, 0.3) is 0 Å². The van der Waals surface area contributed by atoms with Crippen LogP contribution < -0.4 is 14.4 Å². The average Bonchev–Trinajstić information content (AvgIpc) is 2.68. The molecule has 1 aliphatic rings. The number of quaternary nitrogens is 1. The zero-order valence-electron chi connectivity index (χ0n) is 15.1. The molecule has 5 nitrogen and oxygen atoms in total. The highest BCUT2D eigenvalue weighted by Crippen LogP contribution is 2.36. The fraction of sp³-hybridized carbons (Fsp3) is 0.350. The van der Waals surface area contributed by atoms with E-state index in [0.29, 0.717) is 22.1 Å². The van der Waals surface area contributed by atoms with E-state index in [4.69, 9.17) is 21.1 Å². The standard InChI is InChI=1S/C20H23ClN2O3/c1-25-18-13-16(12-17(21)19(18)26-2)20(24)23-10-8-22(9-11-23)14-15-6-4-3-5-7-15/h3-7,12-13H,8-11,14H2,1-2H3/p+1. The van der Waals surface area contributed by atoms with Crippen LogP contribution in [0.3, 0.4) is 0 Å². The number of carbonyl (C=O) groups excluding carboxylic acids is 1. The third kappa shape index (κ3) is 4.11. The topological polar surface area (TPSA) is 43.2 Å². The lowest BCUT2D eigenvalue weighted by Gasteiger charge is -2.32. The molecule has 1 N–H and O–H groups in total. The average molecular weight is 376 g/mol. The van der Waals surface area contributed by atoms with Crippen LogP contribution in [0.15, 0.2) is 42.5 Å². The molecule has 0 aromatic heterocycles. The van der Waals surface area contributed by atoms with Gasteiger partial charge in [-0.1, -0.05) is 41.9 Å². The number of nitrogens with zero attached hydrogens (tertiary/aromatic N) is 1. The first-order valence-electron chi connectivity index (χ1n) is 8.70. The minimum Gasteiger partial charge on any atom is -0.493 e. The molecule has 1 saturated heterocycles. The highest BCUT2D eigenvalue weighted by molar-refractivity contribution is 6.32. The second-order valence-corrected chi connectivity index (χ2v) is 6.81. The summed E-state index contributed by atoms with van der Waals surface area (Å²) in [6, 6.07) is 13.8. The molecule has 0 unspecified atom stereocenters. The second-order valence-electron chi connectivity index (χ2n) is 6.40. The van der Waals surface area contributed by atoms with Crippen molar-refractivity contribution in [2.75, 3.05) is 40.4 Å². The van der Waals surface area contributed by atoms with Gasteiger partial charge in [0.2, 0.25) is 0 Å². The minimum atomic E-state index is -0.0217. The molecule has 2 aromatic carbocycles. The molecule has 2 aromatic rings. The number of carbonyl (C=O) groups is 1. The summed E-state index contributed by atoms with van der Waals surface area (Å²) in [5.41, 5.74) is 1.85. The number of amides is 1. The monoisotopic (exact) mass is 375 g/mol.